The maximum atomic E-state index is 13.1. The second kappa shape index (κ2) is 7.31. The van der Waals surface area contributed by atoms with E-state index < -0.39 is 16.0 Å². The van der Waals surface area contributed by atoms with Crippen LogP contribution in [-0.2, 0) is 19.6 Å². The first kappa shape index (κ1) is 20.9. The Morgan fingerprint density at radius 2 is 1.77 bits per heavy atom. The highest BCUT2D eigenvalue weighted by Gasteiger charge is 2.61. The Balaban J connectivity index is 2.15. The van der Waals surface area contributed by atoms with Crippen molar-refractivity contribution in [2.45, 2.75) is 46.6 Å². The second-order valence-electron chi connectivity index (χ2n) is 8.32. The van der Waals surface area contributed by atoms with Crippen LogP contribution in [0.2, 0.25) is 0 Å². The van der Waals surface area contributed by atoms with Gasteiger partial charge >= 0.3 is 5.97 Å². The molecule has 2 rings (SSSR count). The number of carbonyl (C=O) groups is 2. The molecule has 1 aliphatic heterocycles. The maximum absolute atomic E-state index is 13.1. The highest BCUT2D eigenvalue weighted by molar-refractivity contribution is 7.88. The molecule has 0 aromatic carbocycles. The van der Waals surface area contributed by atoms with Gasteiger partial charge in [-0.2, -0.15) is 0 Å². The number of carboxylic acid groups (broad SMARTS) is 1. The number of allylic oxidation sites excluding steroid dienone is 2. The molecule has 0 radical (unpaired) electrons. The summed E-state index contributed by atoms with van der Waals surface area (Å²) in [6, 6.07) is -0.236. The summed E-state index contributed by atoms with van der Waals surface area (Å²) in [5.74, 6) is -1.27. The van der Waals surface area contributed by atoms with Gasteiger partial charge in [0, 0.05) is 19.1 Å². The monoisotopic (exact) mass is 386 g/mol. The summed E-state index contributed by atoms with van der Waals surface area (Å²) in [5, 5.41) is 9.28. The van der Waals surface area contributed by atoms with Crippen molar-refractivity contribution in [1.82, 2.24) is 9.21 Å². The van der Waals surface area contributed by atoms with Crippen LogP contribution in [0, 0.1) is 17.3 Å². The van der Waals surface area contributed by atoms with E-state index in [-0.39, 0.29) is 35.7 Å². The third kappa shape index (κ3) is 4.46. The molecule has 2 atom stereocenters. The fourth-order valence-electron chi connectivity index (χ4n) is 4.02. The smallest absolute Gasteiger partial charge is 0.323 e. The molecule has 0 aromatic rings. The quantitative estimate of drug-likeness (QED) is 0.699. The number of aliphatic carboxylic acids is 1. The Kier molecular flexibility index (Phi) is 5.87. The molecule has 26 heavy (non-hydrogen) atoms. The van der Waals surface area contributed by atoms with Crippen molar-refractivity contribution in [3.05, 3.63) is 11.6 Å². The molecular formula is C18H30N2O5S. The van der Waals surface area contributed by atoms with E-state index in [0.717, 1.165) is 5.57 Å². The van der Waals surface area contributed by atoms with Gasteiger partial charge in [-0.05, 0) is 38.0 Å². The summed E-state index contributed by atoms with van der Waals surface area (Å²) in [7, 11) is -3.26. The number of carbonyl (C=O) groups excluding carboxylic acids is 1. The summed E-state index contributed by atoms with van der Waals surface area (Å²) in [6.07, 6.45) is 4.19. The summed E-state index contributed by atoms with van der Waals surface area (Å²) < 4.78 is 24.7. The lowest BCUT2D eigenvalue weighted by Crippen LogP contribution is -2.50. The Labute approximate surface area is 156 Å². The number of rotatable bonds is 6. The number of hydrogen-bond donors (Lipinski definition) is 1. The fourth-order valence-corrected chi connectivity index (χ4v) is 4.89. The van der Waals surface area contributed by atoms with Crippen molar-refractivity contribution in [1.29, 1.82) is 0 Å². The van der Waals surface area contributed by atoms with Crippen molar-refractivity contribution in [2.75, 3.05) is 25.9 Å². The molecular weight excluding hydrogens is 356 g/mol. The van der Waals surface area contributed by atoms with Crippen LogP contribution in [0.25, 0.3) is 0 Å². The lowest BCUT2D eigenvalue weighted by Gasteiger charge is -2.37. The largest absolute Gasteiger partial charge is 0.480 e. The van der Waals surface area contributed by atoms with E-state index >= 15 is 0 Å². The zero-order valence-electron chi connectivity index (χ0n) is 16.2. The van der Waals surface area contributed by atoms with Crippen LogP contribution < -0.4 is 0 Å². The normalized spacial score (nSPS) is 26.2. The number of nitrogens with zero attached hydrogens (tertiary/aromatic N) is 2. The third-order valence-corrected chi connectivity index (χ3v) is 6.91. The maximum Gasteiger partial charge on any atom is 0.323 e. The lowest BCUT2D eigenvalue weighted by atomic mass is 10.0. The SMILES string of the molecule is CC(C)=CC1C(C(=O)N(CC(=O)O)C2CCN(S(C)(=O)=O)CC2)C1(C)C. The van der Waals surface area contributed by atoms with E-state index in [1.165, 1.54) is 15.5 Å². The molecule has 2 fully saturated rings. The topological polar surface area (TPSA) is 95.0 Å². The number of sulfonamides is 1. The van der Waals surface area contributed by atoms with E-state index in [9.17, 15) is 23.1 Å². The van der Waals surface area contributed by atoms with Crippen molar-refractivity contribution < 1.29 is 23.1 Å². The first-order chi connectivity index (χ1) is 11.9. The number of piperidine rings is 1. The minimum Gasteiger partial charge on any atom is -0.480 e. The standard InChI is InChI=1S/C18H30N2O5S/c1-12(2)10-14-16(18(14,3)4)17(23)20(11-15(21)22)13-6-8-19(9-7-13)26(5,24)25/h10,13-14,16H,6-9,11H2,1-5H3,(H,21,22). The third-order valence-electron chi connectivity index (χ3n) is 5.61. The molecule has 0 aromatic heterocycles. The van der Waals surface area contributed by atoms with Crippen LogP contribution in [0.15, 0.2) is 11.6 Å². The molecule has 2 aliphatic rings. The van der Waals surface area contributed by atoms with Gasteiger partial charge in [0.2, 0.25) is 15.9 Å². The van der Waals surface area contributed by atoms with Gasteiger partial charge in [-0.3, -0.25) is 9.59 Å². The number of amides is 1. The highest BCUT2D eigenvalue weighted by Crippen LogP contribution is 2.60. The van der Waals surface area contributed by atoms with Gasteiger partial charge in [0.1, 0.15) is 6.54 Å². The van der Waals surface area contributed by atoms with Gasteiger partial charge in [0.25, 0.3) is 0 Å². The average Bonchev–Trinajstić information content (AvgIpc) is 3.03. The lowest BCUT2D eigenvalue weighted by molar-refractivity contribution is -0.148. The minimum atomic E-state index is -3.26. The van der Waals surface area contributed by atoms with Crippen molar-refractivity contribution >= 4 is 21.9 Å². The van der Waals surface area contributed by atoms with Crippen molar-refractivity contribution in [3.63, 3.8) is 0 Å². The van der Waals surface area contributed by atoms with Gasteiger partial charge < -0.3 is 10.0 Å². The zero-order chi connectivity index (χ0) is 19.9. The summed E-state index contributed by atoms with van der Waals surface area (Å²) in [6.45, 7) is 8.35. The Hall–Kier alpha value is -1.41. The first-order valence-electron chi connectivity index (χ1n) is 8.98. The first-order valence-corrected chi connectivity index (χ1v) is 10.8. The highest BCUT2D eigenvalue weighted by atomic mass is 32.2. The Bertz CT molecular complexity index is 701. The summed E-state index contributed by atoms with van der Waals surface area (Å²) in [5.41, 5.74) is 0.961. The second-order valence-corrected chi connectivity index (χ2v) is 10.3. The molecule has 2 unspecified atom stereocenters. The van der Waals surface area contributed by atoms with E-state index in [2.05, 4.69) is 6.08 Å². The summed E-state index contributed by atoms with van der Waals surface area (Å²) in [4.78, 5) is 25.9. The van der Waals surface area contributed by atoms with Crippen LogP contribution >= 0.6 is 0 Å². The van der Waals surface area contributed by atoms with Crippen LogP contribution in [0.5, 0.6) is 0 Å². The van der Waals surface area contributed by atoms with E-state index in [4.69, 9.17) is 0 Å². The number of carboxylic acids is 1. The molecule has 1 N–H and O–H groups in total. The van der Waals surface area contributed by atoms with Gasteiger partial charge in [0.15, 0.2) is 0 Å². The molecule has 7 nitrogen and oxygen atoms in total. The van der Waals surface area contributed by atoms with Gasteiger partial charge in [-0.15, -0.1) is 0 Å². The van der Waals surface area contributed by atoms with Gasteiger partial charge in [-0.1, -0.05) is 25.5 Å². The predicted molar refractivity (Wildman–Crippen MR) is 99.0 cm³/mol. The fraction of sp³-hybridized carbons (Fsp3) is 0.778. The van der Waals surface area contributed by atoms with Crippen LogP contribution in [-0.4, -0.2) is 66.5 Å². The molecule has 148 valence electrons. The van der Waals surface area contributed by atoms with Crippen molar-refractivity contribution in [2.24, 2.45) is 17.3 Å². The Morgan fingerprint density at radius 3 is 2.19 bits per heavy atom. The van der Waals surface area contributed by atoms with Gasteiger partial charge in [0.05, 0.1) is 12.2 Å². The molecule has 1 amide bonds. The van der Waals surface area contributed by atoms with Crippen LogP contribution in [0.4, 0.5) is 0 Å². The molecule has 1 heterocycles. The van der Waals surface area contributed by atoms with Crippen LogP contribution in [0.1, 0.15) is 40.5 Å². The van der Waals surface area contributed by atoms with Crippen molar-refractivity contribution in [3.8, 4) is 0 Å². The number of hydrogen-bond acceptors (Lipinski definition) is 4. The molecule has 0 bridgehead atoms. The minimum absolute atomic E-state index is 0.118. The molecule has 8 heteroatoms. The zero-order valence-corrected chi connectivity index (χ0v) is 17.0. The van der Waals surface area contributed by atoms with E-state index in [0.29, 0.717) is 25.9 Å². The molecule has 0 spiro atoms. The van der Waals surface area contributed by atoms with Crippen LogP contribution in [0.3, 0.4) is 0 Å². The van der Waals surface area contributed by atoms with Gasteiger partial charge in [-0.25, -0.2) is 12.7 Å². The summed E-state index contributed by atoms with van der Waals surface area (Å²) >= 11 is 0. The molecule has 1 aliphatic carbocycles. The van der Waals surface area contributed by atoms with E-state index in [1.54, 1.807) is 0 Å². The Morgan fingerprint density at radius 1 is 1.23 bits per heavy atom. The average molecular weight is 387 g/mol. The van der Waals surface area contributed by atoms with E-state index in [1.807, 2.05) is 27.7 Å². The predicted octanol–water partition coefficient (Wildman–Crippen LogP) is 1.56. The molecule has 1 saturated heterocycles. The molecule has 1 saturated carbocycles.